The Labute approximate surface area is 172 Å². The summed E-state index contributed by atoms with van der Waals surface area (Å²) in [5.41, 5.74) is 3.79. The fourth-order valence-corrected chi connectivity index (χ4v) is 3.33. The molecule has 3 aromatic rings. The Balaban J connectivity index is 2.26. The molecule has 0 aliphatic carbocycles. The number of hydrogen-bond donors (Lipinski definition) is 0. The molecule has 0 unspecified atom stereocenters. The molecule has 5 nitrogen and oxygen atoms in total. The Morgan fingerprint density at radius 3 is 2.40 bits per heavy atom. The van der Waals surface area contributed by atoms with Gasteiger partial charge in [-0.15, -0.1) is 0 Å². The number of hydrogen-bond acceptors (Lipinski definition) is 4. The highest BCUT2D eigenvalue weighted by molar-refractivity contribution is 6.02. The summed E-state index contributed by atoms with van der Waals surface area (Å²) in [5.74, 6) is -0.933. The Kier molecular flexibility index (Phi) is 6.05. The highest BCUT2D eigenvalue weighted by Crippen LogP contribution is 2.37. The van der Waals surface area contributed by atoms with E-state index < -0.39 is 18.8 Å². The van der Waals surface area contributed by atoms with Crippen LogP contribution in [-0.2, 0) is 18.2 Å². The van der Waals surface area contributed by atoms with Crippen LogP contribution in [0.5, 0.6) is 5.75 Å². The van der Waals surface area contributed by atoms with Crippen molar-refractivity contribution in [3.05, 3.63) is 47.3 Å². The van der Waals surface area contributed by atoms with Gasteiger partial charge in [-0.2, -0.15) is 13.2 Å². The number of aromatic nitrogens is 2. The van der Waals surface area contributed by atoms with Gasteiger partial charge in [0.2, 0.25) is 0 Å². The summed E-state index contributed by atoms with van der Waals surface area (Å²) in [6, 6.07) is 9.51. The van der Waals surface area contributed by atoms with Crippen LogP contribution in [-0.4, -0.2) is 34.9 Å². The predicted octanol–water partition coefficient (Wildman–Crippen LogP) is 5.23. The average Bonchev–Trinajstić information content (AvgIpc) is 2.97. The summed E-state index contributed by atoms with van der Waals surface area (Å²) in [5, 5.41) is 0.331. The molecule has 0 aliphatic heterocycles. The Morgan fingerprint density at radius 2 is 1.83 bits per heavy atom. The van der Waals surface area contributed by atoms with E-state index >= 15 is 0 Å². The maximum atomic E-state index is 12.9. The molecule has 0 bridgehead atoms. The van der Waals surface area contributed by atoms with Gasteiger partial charge in [-0.25, -0.2) is 9.78 Å². The molecular weight excluding hydrogens is 397 g/mol. The highest BCUT2D eigenvalue weighted by atomic mass is 19.4. The molecule has 2 heterocycles. The van der Waals surface area contributed by atoms with Crippen molar-refractivity contribution in [3.63, 3.8) is 0 Å². The first-order valence-corrected chi connectivity index (χ1v) is 9.62. The van der Waals surface area contributed by atoms with E-state index in [1.165, 1.54) is 4.57 Å². The Bertz CT molecular complexity index is 1070. The van der Waals surface area contributed by atoms with Crippen molar-refractivity contribution < 1.29 is 27.4 Å². The third-order valence-electron chi connectivity index (χ3n) is 4.74. The maximum Gasteiger partial charge on any atom is 0.422 e. The number of pyridine rings is 1. The van der Waals surface area contributed by atoms with E-state index in [4.69, 9.17) is 9.47 Å². The molecule has 2 aromatic heterocycles. The van der Waals surface area contributed by atoms with Crippen LogP contribution >= 0.6 is 0 Å². The van der Waals surface area contributed by atoms with Crippen molar-refractivity contribution in [1.29, 1.82) is 0 Å². The van der Waals surface area contributed by atoms with Crippen molar-refractivity contribution >= 4 is 17.0 Å². The molecule has 0 saturated carbocycles. The number of esters is 1. The second-order valence-electron chi connectivity index (χ2n) is 6.93. The van der Waals surface area contributed by atoms with Crippen LogP contribution in [0.25, 0.3) is 22.2 Å². The molecule has 160 valence electrons. The molecule has 0 amide bonds. The zero-order valence-corrected chi connectivity index (χ0v) is 17.3. The number of halogens is 3. The summed E-state index contributed by atoms with van der Waals surface area (Å²) in [4.78, 5) is 17.1. The first kappa shape index (κ1) is 21.7. The Morgan fingerprint density at radius 1 is 1.17 bits per heavy atom. The number of carbonyl (C=O) groups excluding carboxylic acids is 1. The number of carbonyl (C=O) groups is 1. The van der Waals surface area contributed by atoms with Gasteiger partial charge in [-0.3, -0.25) is 0 Å². The van der Waals surface area contributed by atoms with Crippen LogP contribution in [0.1, 0.15) is 35.6 Å². The van der Waals surface area contributed by atoms with Gasteiger partial charge in [-0.1, -0.05) is 36.8 Å². The molecule has 0 atom stereocenters. The molecule has 1 aromatic carbocycles. The van der Waals surface area contributed by atoms with Gasteiger partial charge >= 0.3 is 12.1 Å². The molecule has 3 rings (SSSR count). The van der Waals surface area contributed by atoms with Crippen LogP contribution in [0.4, 0.5) is 13.2 Å². The van der Waals surface area contributed by atoms with Crippen LogP contribution < -0.4 is 4.74 Å². The van der Waals surface area contributed by atoms with Gasteiger partial charge in [-0.05, 0) is 31.9 Å². The lowest BCUT2D eigenvalue weighted by Crippen LogP contribution is -2.20. The molecule has 0 fully saturated rings. The minimum absolute atomic E-state index is 0.0846. The molecule has 0 N–H and O–H groups in total. The normalized spacial score (nSPS) is 11.7. The van der Waals surface area contributed by atoms with Gasteiger partial charge in [0.05, 0.1) is 17.7 Å². The summed E-state index contributed by atoms with van der Waals surface area (Å²) in [7, 11) is 1.56. The number of fused-ring (bicyclic) bond motifs is 1. The van der Waals surface area contributed by atoms with Gasteiger partial charge in [0.25, 0.3) is 0 Å². The minimum atomic E-state index is -4.55. The summed E-state index contributed by atoms with van der Waals surface area (Å²) >= 11 is 0. The lowest BCUT2D eigenvalue weighted by molar-refractivity contribution is -0.153. The fraction of sp³-hybridized carbons (Fsp3) is 0.364. The summed E-state index contributed by atoms with van der Waals surface area (Å²) in [6.45, 7) is 4.11. The van der Waals surface area contributed by atoms with Gasteiger partial charge in [0.15, 0.2) is 18.1 Å². The highest BCUT2D eigenvalue weighted by Gasteiger charge is 2.32. The number of benzene rings is 1. The fourth-order valence-electron chi connectivity index (χ4n) is 3.33. The summed E-state index contributed by atoms with van der Waals surface area (Å²) < 4.78 is 50.2. The van der Waals surface area contributed by atoms with E-state index in [2.05, 4.69) is 4.98 Å². The minimum Gasteiger partial charge on any atom is -0.481 e. The molecular formula is C22H23F3N2O3. The Hall–Kier alpha value is -3.03. The molecule has 0 radical (unpaired) electrons. The van der Waals surface area contributed by atoms with E-state index in [-0.39, 0.29) is 18.1 Å². The van der Waals surface area contributed by atoms with Crippen molar-refractivity contribution in [2.24, 2.45) is 7.05 Å². The topological polar surface area (TPSA) is 53.4 Å². The number of ether oxygens (including phenoxy) is 2. The van der Waals surface area contributed by atoms with E-state index in [0.29, 0.717) is 17.5 Å². The van der Waals surface area contributed by atoms with Crippen LogP contribution in [0, 0.1) is 6.92 Å². The predicted molar refractivity (Wildman–Crippen MR) is 108 cm³/mol. The van der Waals surface area contributed by atoms with Crippen molar-refractivity contribution in [1.82, 2.24) is 9.55 Å². The monoisotopic (exact) mass is 420 g/mol. The SMILES string of the molecule is CCOC(=O)c1c(OCC(F)(F)F)c2cc(-c3ccc(C)cc3)c(CC)nc2n1C. The number of rotatable bonds is 6. The van der Waals surface area contributed by atoms with E-state index in [1.807, 2.05) is 38.1 Å². The van der Waals surface area contributed by atoms with Crippen molar-refractivity contribution in [2.75, 3.05) is 13.2 Å². The summed E-state index contributed by atoms with van der Waals surface area (Å²) in [6.07, 6.45) is -3.94. The van der Waals surface area contributed by atoms with Crippen molar-refractivity contribution in [3.8, 4) is 16.9 Å². The lowest BCUT2D eigenvalue weighted by Gasteiger charge is -2.11. The van der Waals surface area contributed by atoms with Crippen molar-refractivity contribution in [2.45, 2.75) is 33.4 Å². The van der Waals surface area contributed by atoms with Gasteiger partial charge in [0, 0.05) is 12.6 Å². The number of nitrogens with zero attached hydrogens (tertiary/aromatic N) is 2. The quantitative estimate of drug-likeness (QED) is 0.513. The molecule has 8 heteroatoms. The van der Waals surface area contributed by atoms with Crippen LogP contribution in [0.2, 0.25) is 0 Å². The van der Waals surface area contributed by atoms with Gasteiger partial charge in [0.1, 0.15) is 5.65 Å². The first-order valence-electron chi connectivity index (χ1n) is 9.62. The molecule has 30 heavy (non-hydrogen) atoms. The van der Waals surface area contributed by atoms with Crippen LogP contribution in [0.15, 0.2) is 30.3 Å². The third-order valence-corrected chi connectivity index (χ3v) is 4.74. The number of alkyl halides is 3. The second kappa shape index (κ2) is 8.38. The van der Waals surface area contributed by atoms with Crippen LogP contribution in [0.3, 0.4) is 0 Å². The first-order chi connectivity index (χ1) is 14.2. The molecule has 0 spiro atoms. The third kappa shape index (κ3) is 4.27. The smallest absolute Gasteiger partial charge is 0.422 e. The number of aryl methyl sites for hydroxylation is 3. The largest absolute Gasteiger partial charge is 0.481 e. The lowest BCUT2D eigenvalue weighted by atomic mass is 10.0. The zero-order chi connectivity index (χ0) is 22.1. The molecule has 0 saturated heterocycles. The second-order valence-corrected chi connectivity index (χ2v) is 6.93. The van der Waals surface area contributed by atoms with Gasteiger partial charge < -0.3 is 14.0 Å². The van der Waals surface area contributed by atoms with E-state index in [0.717, 1.165) is 22.4 Å². The average molecular weight is 420 g/mol. The van der Waals surface area contributed by atoms with E-state index in [1.54, 1.807) is 20.0 Å². The molecule has 0 aliphatic rings. The standard InChI is InChI=1S/C22H23F3N2O3/c1-5-17-15(14-9-7-13(3)8-10-14)11-16-19(30-12-22(23,24)25)18(21(28)29-6-2)27(4)20(16)26-17/h7-11H,5-6,12H2,1-4H3. The van der Waals surface area contributed by atoms with E-state index in [9.17, 15) is 18.0 Å². The zero-order valence-electron chi connectivity index (χ0n) is 17.3. The maximum absolute atomic E-state index is 12.9.